The molecule has 2 aromatic heterocycles. The Labute approximate surface area is 198 Å². The third-order valence-electron chi connectivity index (χ3n) is 5.97. The fraction of sp³-hybridized carbons (Fsp3) is 0.222. The molecule has 2 aromatic carbocycles. The van der Waals surface area contributed by atoms with Crippen molar-refractivity contribution in [3.05, 3.63) is 106 Å². The third kappa shape index (κ3) is 4.43. The lowest BCUT2D eigenvalue weighted by molar-refractivity contribution is 0.187. The number of fused-ring (bicyclic) bond motifs is 1. The van der Waals surface area contributed by atoms with E-state index in [1.165, 1.54) is 0 Å². The third-order valence-corrected chi connectivity index (χ3v) is 5.97. The van der Waals surface area contributed by atoms with E-state index in [-0.39, 0.29) is 5.56 Å². The van der Waals surface area contributed by atoms with Crippen LogP contribution in [0.1, 0.15) is 23.9 Å². The van der Waals surface area contributed by atoms with Crippen LogP contribution in [0.15, 0.2) is 83.8 Å². The van der Waals surface area contributed by atoms with Gasteiger partial charge in [0.1, 0.15) is 11.5 Å². The van der Waals surface area contributed by atoms with Crippen molar-refractivity contribution < 1.29 is 4.74 Å². The molecule has 1 aliphatic rings. The number of hydrogen-bond acceptors (Lipinski definition) is 6. The largest absolute Gasteiger partial charge is 0.457 e. The van der Waals surface area contributed by atoms with Gasteiger partial charge in [-0.1, -0.05) is 31.2 Å². The molecular weight excluding hydrogens is 426 g/mol. The molecule has 0 amide bonds. The summed E-state index contributed by atoms with van der Waals surface area (Å²) in [6, 6.07) is 23.5. The van der Waals surface area contributed by atoms with E-state index in [9.17, 15) is 4.79 Å². The molecule has 0 unspecified atom stereocenters. The topological polar surface area (TPSA) is 63.5 Å². The van der Waals surface area contributed by atoms with Crippen LogP contribution < -0.4 is 15.2 Å². The van der Waals surface area contributed by atoms with Crippen molar-refractivity contribution in [2.45, 2.75) is 33.5 Å². The number of para-hydroxylation sites is 1. The molecule has 7 nitrogen and oxygen atoms in total. The maximum absolute atomic E-state index is 13.3. The van der Waals surface area contributed by atoms with Gasteiger partial charge < -0.3 is 4.74 Å². The molecule has 1 aliphatic heterocycles. The average Bonchev–Trinajstić information content (AvgIpc) is 2.86. The summed E-state index contributed by atoms with van der Waals surface area (Å²) in [7, 11) is 0. The number of nitrogens with zero attached hydrogens (tertiary/aromatic N) is 5. The Balaban J connectivity index is 1.49. The van der Waals surface area contributed by atoms with Gasteiger partial charge >= 0.3 is 0 Å². The van der Waals surface area contributed by atoms with Gasteiger partial charge in [0.2, 0.25) is 5.95 Å². The van der Waals surface area contributed by atoms with Gasteiger partial charge in [-0.2, -0.15) is 0 Å². The van der Waals surface area contributed by atoms with Gasteiger partial charge in [0.05, 0.1) is 19.0 Å². The Hall–Kier alpha value is -3.97. The molecule has 0 saturated heterocycles. The Kier molecular flexibility index (Phi) is 6.10. The van der Waals surface area contributed by atoms with E-state index in [1.54, 1.807) is 10.8 Å². The van der Waals surface area contributed by atoms with Crippen LogP contribution in [-0.2, 0) is 19.6 Å². The van der Waals surface area contributed by atoms with Crippen LogP contribution >= 0.6 is 0 Å². The average molecular weight is 454 g/mol. The van der Waals surface area contributed by atoms with Crippen LogP contribution in [0, 0.1) is 6.92 Å². The first-order valence-electron chi connectivity index (χ1n) is 11.5. The number of anilines is 2. The van der Waals surface area contributed by atoms with Crippen molar-refractivity contribution in [3.8, 4) is 11.5 Å². The van der Waals surface area contributed by atoms with E-state index in [2.05, 4.69) is 14.8 Å². The summed E-state index contributed by atoms with van der Waals surface area (Å²) in [5.74, 6) is 2.20. The van der Waals surface area contributed by atoms with E-state index in [4.69, 9.17) is 9.72 Å². The first-order chi connectivity index (χ1) is 16.6. The maximum atomic E-state index is 13.3. The predicted octanol–water partition coefficient (Wildman–Crippen LogP) is 4.87. The first kappa shape index (κ1) is 21.9. The second-order valence-electron chi connectivity index (χ2n) is 8.33. The van der Waals surface area contributed by atoms with Crippen LogP contribution in [0.5, 0.6) is 11.5 Å². The van der Waals surface area contributed by atoms with Gasteiger partial charge in [0.25, 0.3) is 5.56 Å². The first-order valence-corrected chi connectivity index (χ1v) is 11.5. The van der Waals surface area contributed by atoms with Crippen LogP contribution in [-0.4, -0.2) is 26.1 Å². The van der Waals surface area contributed by atoms with E-state index >= 15 is 0 Å². The number of ether oxygens (including phenoxy) is 1. The highest BCUT2D eigenvalue weighted by atomic mass is 16.5. The normalized spacial score (nSPS) is 13.5. The van der Waals surface area contributed by atoms with E-state index in [0.717, 1.165) is 34.1 Å². The van der Waals surface area contributed by atoms with Gasteiger partial charge in [-0.3, -0.25) is 24.1 Å². The molecule has 4 aromatic rings. The molecule has 0 spiro atoms. The Morgan fingerprint density at radius 2 is 1.65 bits per heavy atom. The van der Waals surface area contributed by atoms with Crippen molar-refractivity contribution in [2.75, 3.05) is 11.6 Å². The molecule has 7 heteroatoms. The number of aromatic nitrogens is 3. The second-order valence-corrected chi connectivity index (χ2v) is 8.33. The van der Waals surface area contributed by atoms with Crippen LogP contribution in [0.2, 0.25) is 0 Å². The summed E-state index contributed by atoms with van der Waals surface area (Å²) >= 11 is 0. The summed E-state index contributed by atoms with van der Waals surface area (Å²) < 4.78 is 7.72. The number of aryl methyl sites for hydroxylation is 1. The van der Waals surface area contributed by atoms with Crippen molar-refractivity contribution in [3.63, 3.8) is 0 Å². The Morgan fingerprint density at radius 1 is 0.912 bits per heavy atom. The van der Waals surface area contributed by atoms with Gasteiger partial charge in [-0.25, -0.2) is 4.98 Å². The van der Waals surface area contributed by atoms with Crippen LogP contribution in [0.25, 0.3) is 0 Å². The molecule has 0 fully saturated rings. The molecule has 0 aliphatic carbocycles. The predicted molar refractivity (Wildman–Crippen MR) is 132 cm³/mol. The summed E-state index contributed by atoms with van der Waals surface area (Å²) in [5.41, 5.74) is 3.46. The fourth-order valence-electron chi connectivity index (χ4n) is 4.27. The molecule has 172 valence electrons. The van der Waals surface area contributed by atoms with Gasteiger partial charge in [-0.15, -0.1) is 0 Å². The summed E-state index contributed by atoms with van der Waals surface area (Å²) in [5, 5.41) is 0. The molecule has 0 bridgehead atoms. The van der Waals surface area contributed by atoms with Crippen molar-refractivity contribution >= 4 is 11.6 Å². The van der Waals surface area contributed by atoms with Gasteiger partial charge in [-0.05, 0) is 61.9 Å². The van der Waals surface area contributed by atoms with E-state index < -0.39 is 0 Å². The molecule has 3 heterocycles. The number of hydrogen-bond donors (Lipinski definition) is 0. The molecule has 0 atom stereocenters. The van der Waals surface area contributed by atoms with Crippen LogP contribution in [0.3, 0.4) is 0 Å². The van der Waals surface area contributed by atoms with Gasteiger partial charge in [0.15, 0.2) is 0 Å². The minimum atomic E-state index is 0.0183. The number of rotatable bonds is 6. The Bertz CT molecular complexity index is 1320. The van der Waals surface area contributed by atoms with Crippen LogP contribution in [0.4, 0.5) is 11.6 Å². The van der Waals surface area contributed by atoms with Crippen molar-refractivity contribution in [1.29, 1.82) is 0 Å². The van der Waals surface area contributed by atoms with Crippen molar-refractivity contribution in [2.24, 2.45) is 0 Å². The zero-order chi connectivity index (χ0) is 23.5. The highest BCUT2D eigenvalue weighted by Gasteiger charge is 2.28. The minimum Gasteiger partial charge on any atom is -0.457 e. The van der Waals surface area contributed by atoms with Gasteiger partial charge in [0, 0.05) is 29.7 Å². The monoisotopic (exact) mass is 453 g/mol. The maximum Gasteiger partial charge on any atom is 0.259 e. The zero-order valence-corrected chi connectivity index (χ0v) is 19.4. The molecule has 0 N–H and O–H groups in total. The molecule has 34 heavy (non-hydrogen) atoms. The van der Waals surface area contributed by atoms with E-state index in [0.29, 0.717) is 32.3 Å². The summed E-state index contributed by atoms with van der Waals surface area (Å²) in [4.78, 5) is 26.9. The van der Waals surface area contributed by atoms with Crippen molar-refractivity contribution in [1.82, 2.24) is 19.4 Å². The zero-order valence-electron chi connectivity index (χ0n) is 19.4. The minimum absolute atomic E-state index is 0.0183. The lowest BCUT2D eigenvalue weighted by Crippen LogP contribution is -2.47. The Morgan fingerprint density at radius 3 is 2.35 bits per heavy atom. The SMILES string of the molecule is CCc1c(C)nc2n(c1=O)CN(Cc1ccccn1)CN2c1ccc(Oc2ccccc2)cc1. The quantitative estimate of drug-likeness (QED) is 0.415. The second kappa shape index (κ2) is 9.49. The molecule has 0 saturated carbocycles. The summed E-state index contributed by atoms with van der Waals surface area (Å²) in [6.07, 6.45) is 2.45. The lowest BCUT2D eigenvalue weighted by atomic mass is 10.2. The van der Waals surface area contributed by atoms with E-state index in [1.807, 2.05) is 86.6 Å². The number of benzene rings is 2. The lowest BCUT2D eigenvalue weighted by Gasteiger charge is -2.38. The number of pyridine rings is 1. The highest BCUT2D eigenvalue weighted by Crippen LogP contribution is 2.31. The molecular formula is C27H27N5O2. The summed E-state index contributed by atoms with van der Waals surface area (Å²) in [6.45, 7) is 5.60. The highest BCUT2D eigenvalue weighted by molar-refractivity contribution is 5.59. The molecule has 5 rings (SSSR count). The smallest absolute Gasteiger partial charge is 0.259 e. The standard InChI is InChI=1S/C27H27N5O2/c1-3-25-20(2)29-27-31(22-12-14-24(15-13-22)34-23-10-5-4-6-11-23)18-30(19-32(27)26(25)33)17-21-9-7-8-16-28-21/h4-16H,3,17-19H2,1-2H3. The fourth-order valence-corrected chi connectivity index (χ4v) is 4.27. The molecule has 0 radical (unpaired) electrons.